The molecule has 5 aromatic rings. The molecule has 0 saturated heterocycles. The van der Waals surface area contributed by atoms with E-state index in [2.05, 4.69) is 56.9 Å². The molecule has 0 aliphatic heterocycles. The van der Waals surface area contributed by atoms with Crippen LogP contribution in [0.4, 0.5) is 0 Å². The lowest BCUT2D eigenvalue weighted by atomic mass is 9.87. The standard InChI is InChI=1S/C37H34N2O2/c1-24-21-28(12-11-27-13-17-30(18-14-27)37(4,5)6)15-19-33(24)39-34(38-32-10-8-7-9-31(32)36(39)41)20-16-29-22-25(2)35(40)26(3)23-29/h7-10,13-23,40H,1-6H3/b20-16+. The van der Waals surface area contributed by atoms with E-state index in [-0.39, 0.29) is 11.0 Å². The molecule has 0 aliphatic carbocycles. The van der Waals surface area contributed by atoms with Crippen LogP contribution in [0.5, 0.6) is 5.75 Å². The summed E-state index contributed by atoms with van der Waals surface area (Å²) < 4.78 is 1.66. The summed E-state index contributed by atoms with van der Waals surface area (Å²) in [6, 6.07) is 25.5. The molecule has 4 nitrogen and oxygen atoms in total. The molecule has 4 heteroatoms. The zero-order valence-corrected chi connectivity index (χ0v) is 24.4. The van der Waals surface area contributed by atoms with Crippen molar-refractivity contribution in [3.05, 3.63) is 134 Å². The maximum absolute atomic E-state index is 13.8. The van der Waals surface area contributed by atoms with Gasteiger partial charge in [0.25, 0.3) is 5.56 Å². The van der Waals surface area contributed by atoms with Crippen molar-refractivity contribution >= 4 is 23.1 Å². The minimum atomic E-state index is -0.130. The SMILES string of the molecule is Cc1cc(C#Cc2ccc(C(C)(C)C)cc2)ccc1-n1c(/C=C/c2cc(C)c(O)c(C)c2)nc2ccccc2c1=O. The molecule has 5 rings (SSSR count). The van der Waals surface area contributed by atoms with Gasteiger partial charge < -0.3 is 5.11 Å². The predicted octanol–water partition coefficient (Wildman–Crippen LogP) is 7.88. The highest BCUT2D eigenvalue weighted by atomic mass is 16.3. The average Bonchev–Trinajstić information content (AvgIpc) is 2.94. The largest absolute Gasteiger partial charge is 0.507 e. The lowest BCUT2D eigenvalue weighted by Crippen LogP contribution is -2.23. The Bertz CT molecular complexity index is 1900. The van der Waals surface area contributed by atoms with E-state index >= 15 is 0 Å². The van der Waals surface area contributed by atoms with E-state index < -0.39 is 0 Å². The van der Waals surface area contributed by atoms with E-state index in [0.29, 0.717) is 22.5 Å². The first-order chi connectivity index (χ1) is 19.5. The Morgan fingerprint density at radius 1 is 0.780 bits per heavy atom. The number of phenols is 1. The van der Waals surface area contributed by atoms with Crippen molar-refractivity contribution in [1.29, 1.82) is 0 Å². The molecule has 0 saturated carbocycles. The van der Waals surface area contributed by atoms with Crippen LogP contribution in [0, 0.1) is 32.6 Å². The van der Waals surface area contributed by atoms with Crippen LogP contribution in [0.2, 0.25) is 0 Å². The second-order valence-electron chi connectivity index (χ2n) is 11.5. The smallest absolute Gasteiger partial charge is 0.266 e. The highest BCUT2D eigenvalue weighted by molar-refractivity contribution is 5.80. The zero-order chi connectivity index (χ0) is 29.3. The molecule has 1 heterocycles. The molecule has 0 bridgehead atoms. The van der Waals surface area contributed by atoms with Gasteiger partial charge in [-0.15, -0.1) is 0 Å². The molecular weight excluding hydrogens is 504 g/mol. The van der Waals surface area contributed by atoms with Crippen molar-refractivity contribution in [2.45, 2.75) is 47.0 Å². The molecule has 0 atom stereocenters. The van der Waals surface area contributed by atoms with Crippen molar-refractivity contribution in [1.82, 2.24) is 9.55 Å². The molecule has 41 heavy (non-hydrogen) atoms. The van der Waals surface area contributed by atoms with Crippen LogP contribution in [-0.4, -0.2) is 14.7 Å². The molecule has 0 radical (unpaired) electrons. The molecule has 4 aromatic carbocycles. The molecule has 0 spiro atoms. The van der Waals surface area contributed by atoms with Gasteiger partial charge in [-0.3, -0.25) is 9.36 Å². The maximum atomic E-state index is 13.8. The summed E-state index contributed by atoms with van der Waals surface area (Å²) in [5.41, 5.74) is 7.92. The topological polar surface area (TPSA) is 55.1 Å². The van der Waals surface area contributed by atoms with Crippen LogP contribution in [0.3, 0.4) is 0 Å². The van der Waals surface area contributed by atoms with Gasteiger partial charge in [-0.1, -0.05) is 63.0 Å². The summed E-state index contributed by atoms with van der Waals surface area (Å²) in [6.07, 6.45) is 3.78. The quantitative estimate of drug-likeness (QED) is 0.238. The number of benzene rings is 4. The number of aryl methyl sites for hydroxylation is 3. The molecule has 0 aliphatic rings. The molecule has 1 N–H and O–H groups in total. The first-order valence-corrected chi connectivity index (χ1v) is 13.7. The monoisotopic (exact) mass is 538 g/mol. The number of fused-ring (bicyclic) bond motifs is 1. The van der Waals surface area contributed by atoms with Crippen molar-refractivity contribution in [2.24, 2.45) is 0 Å². The van der Waals surface area contributed by atoms with Crippen LogP contribution >= 0.6 is 0 Å². The van der Waals surface area contributed by atoms with Gasteiger partial charge >= 0.3 is 0 Å². The van der Waals surface area contributed by atoms with Gasteiger partial charge in [0.15, 0.2) is 0 Å². The summed E-state index contributed by atoms with van der Waals surface area (Å²) in [5, 5.41) is 10.7. The van der Waals surface area contributed by atoms with E-state index in [4.69, 9.17) is 4.98 Å². The molecule has 0 unspecified atom stereocenters. The van der Waals surface area contributed by atoms with Crippen LogP contribution in [0.1, 0.15) is 65.5 Å². The van der Waals surface area contributed by atoms with Crippen molar-refractivity contribution in [2.75, 3.05) is 0 Å². The van der Waals surface area contributed by atoms with E-state index in [0.717, 1.165) is 39.1 Å². The van der Waals surface area contributed by atoms with Crippen LogP contribution in [-0.2, 0) is 5.41 Å². The molecule has 0 amide bonds. The summed E-state index contributed by atoms with van der Waals surface area (Å²) in [6.45, 7) is 12.3. The Hall–Kier alpha value is -4.88. The number of hydrogen-bond donors (Lipinski definition) is 1. The Labute approximate surface area is 241 Å². The number of para-hydroxylation sites is 1. The third-order valence-corrected chi connectivity index (χ3v) is 7.28. The number of aromatic hydroxyl groups is 1. The van der Waals surface area contributed by atoms with Crippen LogP contribution in [0.15, 0.2) is 83.7 Å². The minimum absolute atomic E-state index is 0.102. The van der Waals surface area contributed by atoms with E-state index in [1.54, 1.807) is 4.57 Å². The minimum Gasteiger partial charge on any atom is -0.507 e. The van der Waals surface area contributed by atoms with Gasteiger partial charge in [0.05, 0.1) is 16.6 Å². The summed E-state index contributed by atoms with van der Waals surface area (Å²) in [4.78, 5) is 18.6. The third kappa shape index (κ3) is 5.85. The Balaban J connectivity index is 1.56. The Kier molecular flexibility index (Phi) is 7.39. The van der Waals surface area contributed by atoms with Gasteiger partial charge in [0, 0.05) is 11.1 Å². The number of rotatable bonds is 3. The highest BCUT2D eigenvalue weighted by Crippen LogP contribution is 2.25. The van der Waals surface area contributed by atoms with Gasteiger partial charge in [0.2, 0.25) is 0 Å². The molecule has 1 aromatic heterocycles. The van der Waals surface area contributed by atoms with E-state index in [1.165, 1.54) is 5.56 Å². The lowest BCUT2D eigenvalue weighted by Gasteiger charge is -2.18. The zero-order valence-electron chi connectivity index (χ0n) is 24.4. The average molecular weight is 539 g/mol. The fourth-order valence-electron chi connectivity index (χ4n) is 4.93. The number of aromatic nitrogens is 2. The maximum Gasteiger partial charge on any atom is 0.266 e. The summed E-state index contributed by atoms with van der Waals surface area (Å²) in [5.74, 6) is 7.36. The third-order valence-electron chi connectivity index (χ3n) is 7.28. The highest BCUT2D eigenvalue weighted by Gasteiger charge is 2.14. The van der Waals surface area contributed by atoms with Crippen LogP contribution < -0.4 is 5.56 Å². The van der Waals surface area contributed by atoms with Crippen molar-refractivity contribution in [3.63, 3.8) is 0 Å². The fourth-order valence-corrected chi connectivity index (χ4v) is 4.93. The second-order valence-corrected chi connectivity index (χ2v) is 11.5. The lowest BCUT2D eigenvalue weighted by molar-refractivity contribution is 0.467. The van der Waals surface area contributed by atoms with E-state index in [1.807, 2.05) is 87.5 Å². The molecular formula is C37H34N2O2. The fraction of sp³-hybridized carbons (Fsp3) is 0.189. The van der Waals surface area contributed by atoms with Gasteiger partial charge in [0.1, 0.15) is 11.6 Å². The first-order valence-electron chi connectivity index (χ1n) is 13.7. The number of hydrogen-bond acceptors (Lipinski definition) is 3. The summed E-state index contributed by atoms with van der Waals surface area (Å²) >= 11 is 0. The van der Waals surface area contributed by atoms with Gasteiger partial charge in [-0.05, 0) is 115 Å². The van der Waals surface area contributed by atoms with Gasteiger partial charge in [-0.2, -0.15) is 0 Å². The predicted molar refractivity (Wildman–Crippen MR) is 170 cm³/mol. The van der Waals surface area contributed by atoms with E-state index in [9.17, 15) is 9.90 Å². The van der Waals surface area contributed by atoms with Crippen LogP contribution in [0.25, 0.3) is 28.7 Å². The molecule has 204 valence electrons. The Morgan fingerprint density at radius 3 is 2.07 bits per heavy atom. The second kappa shape index (κ2) is 10.9. The van der Waals surface area contributed by atoms with Crippen molar-refractivity contribution < 1.29 is 5.11 Å². The normalized spacial score (nSPS) is 11.6. The summed E-state index contributed by atoms with van der Waals surface area (Å²) in [7, 11) is 0. The van der Waals surface area contributed by atoms with Gasteiger partial charge in [-0.25, -0.2) is 4.98 Å². The first kappa shape index (κ1) is 27.7. The number of phenolic OH excluding ortho intramolecular Hbond substituents is 1. The number of nitrogens with zero attached hydrogens (tertiary/aromatic N) is 2. The molecule has 0 fully saturated rings. The Morgan fingerprint density at radius 2 is 1.41 bits per heavy atom. The van der Waals surface area contributed by atoms with Crippen molar-refractivity contribution in [3.8, 4) is 23.3 Å².